The van der Waals surface area contributed by atoms with Crippen molar-refractivity contribution >= 4 is 0 Å². The first-order chi connectivity index (χ1) is 9.56. The highest BCUT2D eigenvalue weighted by molar-refractivity contribution is 5.29. The van der Waals surface area contributed by atoms with Gasteiger partial charge in [0.2, 0.25) is 0 Å². The number of benzene rings is 1. The molecule has 0 aliphatic rings. The normalized spacial score (nSPS) is 12.9. The molecule has 1 N–H and O–H groups in total. The van der Waals surface area contributed by atoms with Crippen LogP contribution in [0.25, 0.3) is 0 Å². The van der Waals surface area contributed by atoms with Crippen molar-refractivity contribution in [2.45, 2.75) is 12.5 Å². The number of nitrogens with one attached hydrogen (secondary N) is 1. The standard InChI is InChI=1S/C16H29N3O/c1-17-16(13-19(4)12-6-11-18(2)3)14-7-9-15(20-5)10-8-14/h7-10,16-17H,6,11-13H2,1-5H3. The third-order valence-electron chi connectivity index (χ3n) is 3.51. The molecule has 1 aromatic carbocycles. The zero-order chi connectivity index (χ0) is 15.0. The van der Waals surface area contributed by atoms with Gasteiger partial charge in [0.1, 0.15) is 5.75 Å². The predicted octanol–water partition coefficient (Wildman–Crippen LogP) is 1.84. The van der Waals surface area contributed by atoms with Crippen LogP contribution < -0.4 is 10.1 Å². The zero-order valence-electron chi connectivity index (χ0n) is 13.5. The average molecular weight is 279 g/mol. The summed E-state index contributed by atoms with van der Waals surface area (Å²) in [7, 11) is 10.1. The second kappa shape index (κ2) is 8.95. The van der Waals surface area contributed by atoms with E-state index in [0.717, 1.165) is 25.4 Å². The van der Waals surface area contributed by atoms with Gasteiger partial charge < -0.3 is 19.9 Å². The van der Waals surface area contributed by atoms with Crippen LogP contribution >= 0.6 is 0 Å². The van der Waals surface area contributed by atoms with Crippen LogP contribution in [0, 0.1) is 0 Å². The van der Waals surface area contributed by atoms with Crippen molar-refractivity contribution in [2.24, 2.45) is 0 Å². The fraction of sp³-hybridized carbons (Fsp3) is 0.625. The van der Waals surface area contributed by atoms with Gasteiger partial charge in [-0.25, -0.2) is 0 Å². The monoisotopic (exact) mass is 279 g/mol. The highest BCUT2D eigenvalue weighted by Crippen LogP contribution is 2.18. The van der Waals surface area contributed by atoms with E-state index in [2.05, 4.69) is 48.4 Å². The molecule has 1 unspecified atom stereocenters. The second-order valence-corrected chi connectivity index (χ2v) is 5.53. The van der Waals surface area contributed by atoms with Crippen LogP contribution in [-0.4, -0.2) is 64.7 Å². The minimum absolute atomic E-state index is 0.352. The van der Waals surface area contributed by atoms with Gasteiger partial charge in [-0.05, 0) is 65.4 Å². The van der Waals surface area contributed by atoms with E-state index in [-0.39, 0.29) is 0 Å². The van der Waals surface area contributed by atoms with Crippen molar-refractivity contribution in [3.05, 3.63) is 29.8 Å². The lowest BCUT2D eigenvalue weighted by Gasteiger charge is -2.24. The quantitative estimate of drug-likeness (QED) is 0.746. The molecule has 4 nitrogen and oxygen atoms in total. The van der Waals surface area contributed by atoms with Crippen molar-refractivity contribution in [2.75, 3.05) is 54.9 Å². The van der Waals surface area contributed by atoms with Crippen LogP contribution in [-0.2, 0) is 0 Å². The molecule has 0 amide bonds. The van der Waals surface area contributed by atoms with Gasteiger partial charge in [0.15, 0.2) is 0 Å². The van der Waals surface area contributed by atoms with Crippen molar-refractivity contribution in [3.63, 3.8) is 0 Å². The number of hydrogen-bond donors (Lipinski definition) is 1. The molecular weight excluding hydrogens is 250 g/mol. The second-order valence-electron chi connectivity index (χ2n) is 5.53. The maximum atomic E-state index is 5.20. The maximum absolute atomic E-state index is 5.20. The van der Waals surface area contributed by atoms with E-state index in [9.17, 15) is 0 Å². The van der Waals surface area contributed by atoms with Crippen molar-refractivity contribution in [3.8, 4) is 5.75 Å². The minimum Gasteiger partial charge on any atom is -0.497 e. The molecule has 0 bridgehead atoms. The summed E-state index contributed by atoms with van der Waals surface area (Å²) >= 11 is 0. The van der Waals surface area contributed by atoms with Crippen molar-refractivity contribution in [1.29, 1.82) is 0 Å². The first-order valence-electron chi connectivity index (χ1n) is 7.21. The lowest BCUT2D eigenvalue weighted by atomic mass is 10.1. The Morgan fingerprint density at radius 2 is 1.75 bits per heavy atom. The molecule has 0 saturated carbocycles. The SMILES string of the molecule is CNC(CN(C)CCCN(C)C)c1ccc(OC)cc1. The van der Waals surface area contributed by atoms with Gasteiger partial charge in [-0.2, -0.15) is 0 Å². The number of nitrogens with zero attached hydrogens (tertiary/aromatic N) is 2. The largest absolute Gasteiger partial charge is 0.497 e. The Morgan fingerprint density at radius 3 is 2.25 bits per heavy atom. The maximum Gasteiger partial charge on any atom is 0.118 e. The molecule has 0 fully saturated rings. The average Bonchev–Trinajstić information content (AvgIpc) is 2.44. The lowest BCUT2D eigenvalue weighted by Crippen LogP contribution is -2.32. The van der Waals surface area contributed by atoms with E-state index in [4.69, 9.17) is 4.74 Å². The van der Waals surface area contributed by atoms with E-state index in [0.29, 0.717) is 6.04 Å². The molecule has 0 aliphatic heterocycles. The van der Waals surface area contributed by atoms with Gasteiger partial charge in [0.05, 0.1) is 7.11 Å². The number of rotatable bonds is 9. The third kappa shape index (κ3) is 5.90. The third-order valence-corrected chi connectivity index (χ3v) is 3.51. The van der Waals surface area contributed by atoms with Crippen molar-refractivity contribution in [1.82, 2.24) is 15.1 Å². The van der Waals surface area contributed by atoms with Gasteiger partial charge in [-0.15, -0.1) is 0 Å². The molecular formula is C16H29N3O. The highest BCUT2D eigenvalue weighted by atomic mass is 16.5. The number of ether oxygens (including phenoxy) is 1. The summed E-state index contributed by atoms with van der Waals surface area (Å²) in [6, 6.07) is 8.66. The summed E-state index contributed by atoms with van der Waals surface area (Å²) in [5, 5.41) is 3.39. The van der Waals surface area contributed by atoms with Gasteiger partial charge in [0.25, 0.3) is 0 Å². The van der Waals surface area contributed by atoms with Crippen molar-refractivity contribution < 1.29 is 4.74 Å². The van der Waals surface area contributed by atoms with Gasteiger partial charge in [0, 0.05) is 12.6 Å². The lowest BCUT2D eigenvalue weighted by molar-refractivity contribution is 0.275. The van der Waals surface area contributed by atoms with Crippen LogP contribution in [0.4, 0.5) is 0 Å². The first kappa shape index (κ1) is 17.0. The molecule has 0 aromatic heterocycles. The summed E-state index contributed by atoms with van der Waals surface area (Å²) in [6.45, 7) is 3.26. The van der Waals surface area contributed by atoms with E-state index in [1.54, 1.807) is 7.11 Å². The van der Waals surface area contributed by atoms with E-state index in [1.807, 2.05) is 19.2 Å². The Balaban J connectivity index is 2.48. The molecule has 0 aliphatic carbocycles. The summed E-state index contributed by atoms with van der Waals surface area (Å²) in [4.78, 5) is 4.61. The Labute approximate surface area is 123 Å². The van der Waals surface area contributed by atoms with Crippen LogP contribution in [0.2, 0.25) is 0 Å². The van der Waals surface area contributed by atoms with Gasteiger partial charge in [-0.3, -0.25) is 0 Å². The molecule has 4 heteroatoms. The molecule has 0 heterocycles. The molecule has 0 spiro atoms. The molecule has 20 heavy (non-hydrogen) atoms. The summed E-state index contributed by atoms with van der Waals surface area (Å²) in [5.41, 5.74) is 1.30. The zero-order valence-corrected chi connectivity index (χ0v) is 13.5. The fourth-order valence-corrected chi connectivity index (χ4v) is 2.26. The summed E-state index contributed by atoms with van der Waals surface area (Å²) < 4.78 is 5.20. The van der Waals surface area contributed by atoms with Crippen LogP contribution in [0.15, 0.2) is 24.3 Å². The molecule has 1 aromatic rings. The van der Waals surface area contributed by atoms with Crippen LogP contribution in [0.5, 0.6) is 5.75 Å². The van der Waals surface area contributed by atoms with Gasteiger partial charge >= 0.3 is 0 Å². The topological polar surface area (TPSA) is 27.7 Å². The number of methoxy groups -OCH3 is 1. The molecule has 1 atom stereocenters. The summed E-state index contributed by atoms with van der Waals surface area (Å²) in [6.07, 6.45) is 1.20. The van der Waals surface area contributed by atoms with E-state index < -0.39 is 0 Å². The predicted molar refractivity (Wildman–Crippen MR) is 85.5 cm³/mol. The van der Waals surface area contributed by atoms with E-state index in [1.165, 1.54) is 12.0 Å². The molecule has 1 rings (SSSR count). The molecule has 0 radical (unpaired) electrons. The Kier molecular flexibility index (Phi) is 7.59. The van der Waals surface area contributed by atoms with Crippen LogP contribution in [0.3, 0.4) is 0 Å². The first-order valence-corrected chi connectivity index (χ1v) is 7.21. The fourth-order valence-electron chi connectivity index (χ4n) is 2.26. The number of hydrogen-bond acceptors (Lipinski definition) is 4. The molecule has 0 saturated heterocycles. The highest BCUT2D eigenvalue weighted by Gasteiger charge is 2.12. The Morgan fingerprint density at radius 1 is 1.10 bits per heavy atom. The Hall–Kier alpha value is -1.10. The Bertz CT molecular complexity index is 364. The summed E-state index contributed by atoms with van der Waals surface area (Å²) in [5.74, 6) is 0.906. The molecule has 114 valence electrons. The minimum atomic E-state index is 0.352. The van der Waals surface area contributed by atoms with E-state index >= 15 is 0 Å². The van der Waals surface area contributed by atoms with Crippen LogP contribution in [0.1, 0.15) is 18.0 Å². The smallest absolute Gasteiger partial charge is 0.118 e. The van der Waals surface area contributed by atoms with Gasteiger partial charge in [-0.1, -0.05) is 12.1 Å². The number of likely N-dealkylation sites (N-methyl/N-ethyl adjacent to an activating group) is 2.